The second kappa shape index (κ2) is 6.52. The van der Waals surface area contributed by atoms with E-state index in [1.54, 1.807) is 6.07 Å². The van der Waals surface area contributed by atoms with Gasteiger partial charge in [0.1, 0.15) is 0 Å². The summed E-state index contributed by atoms with van der Waals surface area (Å²) in [4.78, 5) is 14.2. The minimum atomic E-state index is -0.583. The van der Waals surface area contributed by atoms with Gasteiger partial charge in [0.2, 0.25) is 5.88 Å². The molecular formula is C18H18N4O3. The maximum atomic E-state index is 12.0. The molecule has 0 saturated carbocycles. The molecule has 128 valence electrons. The van der Waals surface area contributed by atoms with Gasteiger partial charge in [-0.3, -0.25) is 14.3 Å². The van der Waals surface area contributed by atoms with Crippen molar-refractivity contribution in [2.75, 3.05) is 13.1 Å². The van der Waals surface area contributed by atoms with E-state index >= 15 is 0 Å². The Kier molecular flexibility index (Phi) is 4.07. The Morgan fingerprint density at radius 3 is 2.72 bits per heavy atom. The highest BCUT2D eigenvalue weighted by Gasteiger charge is 2.20. The summed E-state index contributed by atoms with van der Waals surface area (Å²) in [5.74, 6) is -0.450. The molecule has 0 atom stereocenters. The van der Waals surface area contributed by atoms with Crippen molar-refractivity contribution in [2.45, 2.75) is 19.5 Å². The number of para-hydroxylation sites is 1. The molecule has 1 fully saturated rings. The van der Waals surface area contributed by atoms with Crippen molar-refractivity contribution in [1.29, 1.82) is 0 Å². The van der Waals surface area contributed by atoms with Crippen LogP contribution in [0.5, 0.6) is 5.88 Å². The average molecular weight is 338 g/mol. The monoisotopic (exact) mass is 338 g/mol. The lowest BCUT2D eigenvalue weighted by Crippen LogP contribution is -2.22. The molecule has 0 bridgehead atoms. The van der Waals surface area contributed by atoms with E-state index in [9.17, 15) is 9.90 Å². The molecule has 0 radical (unpaired) electrons. The molecule has 0 aliphatic carbocycles. The Balaban J connectivity index is 1.70. The number of carbonyl (C=O) groups is 1. The number of carbonyl (C=O) groups excluding carboxylic acids is 1. The van der Waals surface area contributed by atoms with Crippen LogP contribution in [-0.4, -0.2) is 33.6 Å². The molecule has 7 heteroatoms. The van der Waals surface area contributed by atoms with Crippen LogP contribution in [0.1, 0.15) is 23.4 Å². The summed E-state index contributed by atoms with van der Waals surface area (Å²) in [6.45, 7) is 2.62. The number of furan rings is 1. The van der Waals surface area contributed by atoms with E-state index in [1.165, 1.54) is 25.2 Å². The fourth-order valence-corrected chi connectivity index (χ4v) is 3.18. The van der Waals surface area contributed by atoms with Gasteiger partial charge in [-0.05, 0) is 44.1 Å². The molecule has 0 spiro atoms. The maximum Gasteiger partial charge on any atom is 0.331 e. The van der Waals surface area contributed by atoms with Crippen LogP contribution in [0.3, 0.4) is 0 Å². The summed E-state index contributed by atoms with van der Waals surface area (Å²) < 4.78 is 6.83. The number of amides is 1. The van der Waals surface area contributed by atoms with Crippen LogP contribution in [0.15, 0.2) is 57.3 Å². The number of fused-ring (bicyclic) bond motifs is 1. The number of likely N-dealkylation sites (tertiary alicyclic amines) is 1. The van der Waals surface area contributed by atoms with E-state index in [1.807, 2.05) is 28.8 Å². The predicted molar refractivity (Wildman–Crippen MR) is 92.0 cm³/mol. The Bertz CT molecular complexity index is 921. The van der Waals surface area contributed by atoms with Gasteiger partial charge in [-0.1, -0.05) is 18.2 Å². The van der Waals surface area contributed by atoms with Gasteiger partial charge in [-0.15, -0.1) is 10.2 Å². The number of aromatic nitrogens is 1. The third kappa shape index (κ3) is 2.94. The summed E-state index contributed by atoms with van der Waals surface area (Å²) in [6, 6.07) is 10.7. The molecule has 1 N–H and O–H groups in total. The highest BCUT2D eigenvalue weighted by Crippen LogP contribution is 2.39. The van der Waals surface area contributed by atoms with Gasteiger partial charge in [0.25, 0.3) is 0 Å². The van der Waals surface area contributed by atoms with Crippen molar-refractivity contribution >= 4 is 22.5 Å². The van der Waals surface area contributed by atoms with E-state index in [0.29, 0.717) is 12.4 Å². The first-order chi connectivity index (χ1) is 12.2. The predicted octanol–water partition coefficient (Wildman–Crippen LogP) is 3.92. The van der Waals surface area contributed by atoms with Crippen molar-refractivity contribution in [3.8, 4) is 5.88 Å². The van der Waals surface area contributed by atoms with E-state index in [-0.39, 0.29) is 11.6 Å². The van der Waals surface area contributed by atoms with Crippen molar-refractivity contribution < 1.29 is 14.3 Å². The third-order valence-corrected chi connectivity index (χ3v) is 4.43. The maximum absolute atomic E-state index is 12.0. The lowest BCUT2D eigenvalue weighted by molar-refractivity contribution is 0.0968. The standard InChI is InChI=1S/C18H18N4O3/c23-17(15-8-5-11-25-15)20-19-16-13-6-1-2-7-14(13)22(18(16)24)12-21-9-3-4-10-21/h1-2,5-8,11,24H,3-4,9-10,12H2. The number of rotatable bonds is 4. The quantitative estimate of drug-likeness (QED) is 0.731. The van der Waals surface area contributed by atoms with Gasteiger partial charge < -0.3 is 9.52 Å². The molecule has 1 aromatic carbocycles. The summed E-state index contributed by atoms with van der Waals surface area (Å²) in [6.07, 6.45) is 3.75. The fraction of sp³-hybridized carbons (Fsp3) is 0.278. The van der Waals surface area contributed by atoms with Crippen LogP contribution in [0.2, 0.25) is 0 Å². The van der Waals surface area contributed by atoms with Crippen molar-refractivity contribution in [3.63, 3.8) is 0 Å². The van der Waals surface area contributed by atoms with Crippen molar-refractivity contribution in [2.24, 2.45) is 10.2 Å². The topological polar surface area (TPSA) is 83.3 Å². The molecule has 7 nitrogen and oxygen atoms in total. The molecule has 3 heterocycles. The molecule has 0 unspecified atom stereocenters. The Morgan fingerprint density at radius 1 is 1.16 bits per heavy atom. The van der Waals surface area contributed by atoms with Crippen LogP contribution in [0, 0.1) is 0 Å². The van der Waals surface area contributed by atoms with Crippen molar-refractivity contribution in [1.82, 2.24) is 9.47 Å². The molecule has 25 heavy (non-hydrogen) atoms. The van der Waals surface area contributed by atoms with Crippen molar-refractivity contribution in [3.05, 3.63) is 48.4 Å². The van der Waals surface area contributed by atoms with Gasteiger partial charge in [-0.2, -0.15) is 0 Å². The minimum absolute atomic E-state index is 0.0177. The third-order valence-electron chi connectivity index (χ3n) is 4.43. The normalized spacial score (nSPS) is 15.5. The van der Waals surface area contributed by atoms with Gasteiger partial charge in [0, 0.05) is 5.39 Å². The van der Waals surface area contributed by atoms with Crippen LogP contribution in [0.4, 0.5) is 5.69 Å². The first-order valence-electron chi connectivity index (χ1n) is 8.26. The number of hydrogen-bond acceptors (Lipinski definition) is 5. The highest BCUT2D eigenvalue weighted by atomic mass is 16.3. The lowest BCUT2D eigenvalue weighted by atomic mass is 10.2. The van der Waals surface area contributed by atoms with Gasteiger partial charge in [-0.25, -0.2) is 0 Å². The van der Waals surface area contributed by atoms with Gasteiger partial charge >= 0.3 is 5.91 Å². The van der Waals surface area contributed by atoms with E-state index in [2.05, 4.69) is 15.1 Å². The molecular weight excluding hydrogens is 320 g/mol. The zero-order chi connectivity index (χ0) is 17.2. The fourth-order valence-electron chi connectivity index (χ4n) is 3.18. The molecule has 1 amide bonds. The summed E-state index contributed by atoms with van der Waals surface area (Å²) in [5, 5.41) is 19.1. The Hall–Kier alpha value is -2.93. The SMILES string of the molecule is O=C(N=Nc1c(O)n(CN2CCCC2)c2ccccc12)c1ccco1. The molecule has 2 aromatic heterocycles. The Morgan fingerprint density at radius 2 is 1.96 bits per heavy atom. The smallest absolute Gasteiger partial charge is 0.331 e. The second-order valence-corrected chi connectivity index (χ2v) is 6.07. The van der Waals surface area contributed by atoms with Gasteiger partial charge in [0.05, 0.1) is 18.4 Å². The lowest BCUT2D eigenvalue weighted by Gasteiger charge is -2.17. The molecule has 1 aliphatic heterocycles. The number of benzene rings is 1. The molecule has 1 saturated heterocycles. The first kappa shape index (κ1) is 15.6. The largest absolute Gasteiger partial charge is 0.493 e. The van der Waals surface area contributed by atoms with E-state index < -0.39 is 5.91 Å². The van der Waals surface area contributed by atoms with Crippen LogP contribution in [0.25, 0.3) is 10.9 Å². The summed E-state index contributed by atoms with van der Waals surface area (Å²) in [7, 11) is 0. The minimum Gasteiger partial charge on any atom is -0.493 e. The molecule has 1 aliphatic rings. The number of hydrogen-bond donors (Lipinski definition) is 1. The molecule has 4 rings (SSSR count). The second-order valence-electron chi connectivity index (χ2n) is 6.07. The zero-order valence-electron chi connectivity index (χ0n) is 13.6. The zero-order valence-corrected chi connectivity index (χ0v) is 13.6. The van der Waals surface area contributed by atoms with Crippen LogP contribution in [-0.2, 0) is 6.67 Å². The van der Waals surface area contributed by atoms with Crippen LogP contribution >= 0.6 is 0 Å². The first-order valence-corrected chi connectivity index (χ1v) is 8.26. The van der Waals surface area contributed by atoms with Crippen LogP contribution < -0.4 is 0 Å². The number of aromatic hydroxyl groups is 1. The van der Waals surface area contributed by atoms with E-state index in [0.717, 1.165) is 24.0 Å². The van der Waals surface area contributed by atoms with E-state index in [4.69, 9.17) is 4.42 Å². The summed E-state index contributed by atoms with van der Waals surface area (Å²) >= 11 is 0. The summed E-state index contributed by atoms with van der Waals surface area (Å²) in [5.41, 5.74) is 1.17. The average Bonchev–Trinajstić information content (AvgIpc) is 3.37. The Labute approximate surface area is 144 Å². The number of nitrogens with zero attached hydrogens (tertiary/aromatic N) is 4. The van der Waals surface area contributed by atoms with Gasteiger partial charge in [0.15, 0.2) is 11.4 Å². The highest BCUT2D eigenvalue weighted by molar-refractivity contribution is 5.96. The number of azo groups is 1. The molecule has 3 aromatic rings.